The maximum Gasteiger partial charge on any atom is 0.187 e. The first-order valence-electron chi connectivity index (χ1n) is 23.9. The van der Waals surface area contributed by atoms with Gasteiger partial charge in [0, 0.05) is 0 Å². The Kier molecular flexibility index (Phi) is 15.1. The third kappa shape index (κ3) is 8.72. The topological polar surface area (TPSA) is 298 Å². The zero-order chi connectivity index (χ0) is 47.9. The predicted molar refractivity (Wildman–Crippen MR) is 229 cm³/mol. The second-order valence-electron chi connectivity index (χ2n) is 22.6. The van der Waals surface area contributed by atoms with Gasteiger partial charge in [-0.15, -0.1) is 0 Å². The normalized spacial score (nSPS) is 53.0. The molecule has 3 heterocycles. The van der Waals surface area contributed by atoms with Gasteiger partial charge in [-0.25, -0.2) is 0 Å². The van der Waals surface area contributed by atoms with Gasteiger partial charge >= 0.3 is 0 Å². The van der Waals surface area contributed by atoms with Crippen LogP contribution in [0.2, 0.25) is 0 Å². The molecule has 0 radical (unpaired) electrons. The third-order valence-electron chi connectivity index (χ3n) is 18.3. The molecule has 18 nitrogen and oxygen atoms in total. The molecule has 4 aliphatic carbocycles. The van der Waals surface area contributed by atoms with Crippen molar-refractivity contribution in [2.75, 3.05) is 19.8 Å². The summed E-state index contributed by atoms with van der Waals surface area (Å²) in [7, 11) is 0. The summed E-state index contributed by atoms with van der Waals surface area (Å²) in [4.78, 5) is 0. The molecule has 0 spiro atoms. The second-order valence-corrected chi connectivity index (χ2v) is 22.6. The molecule has 7 aliphatic rings. The Balaban J connectivity index is 1.27. The fourth-order valence-electron chi connectivity index (χ4n) is 14.6. The highest BCUT2D eigenvalue weighted by Gasteiger charge is 2.74. The molecule has 0 aromatic heterocycles. The van der Waals surface area contributed by atoms with Gasteiger partial charge in [-0.3, -0.25) is 0 Å². The van der Waals surface area contributed by atoms with Crippen molar-refractivity contribution in [2.24, 2.45) is 45.3 Å². The van der Waals surface area contributed by atoms with E-state index in [1.165, 1.54) is 0 Å². The number of hydrogen-bond acceptors (Lipinski definition) is 18. The lowest BCUT2D eigenvalue weighted by Crippen LogP contribution is -2.71. The molecule has 4 saturated carbocycles. The fourth-order valence-corrected chi connectivity index (χ4v) is 14.6. The zero-order valence-electron chi connectivity index (χ0n) is 39.3. The first-order chi connectivity index (χ1) is 30.3. The minimum absolute atomic E-state index is 0.0828. The Hall–Kier alpha value is -0.980. The summed E-state index contributed by atoms with van der Waals surface area (Å²) in [6.45, 7) is 15.0. The molecule has 0 bridgehead atoms. The van der Waals surface area contributed by atoms with Gasteiger partial charge in [-0.1, -0.05) is 46.3 Å². The van der Waals surface area contributed by atoms with Crippen molar-refractivity contribution in [3.05, 3.63) is 11.6 Å². The summed E-state index contributed by atoms with van der Waals surface area (Å²) in [6.07, 6.45) is -17.2. The SMILES string of the molecule is CC(C)=CCC[C@](C)(O[C@H]1O[C@@H](CO)[C@H](O)[C@@H](O)[C@@H]1O)[C@@H]1CC[C@]2(C)[C@@H]1[C@H](O)C[C@@H]1[C@]3(C)CC[C@H](O)C(C)(C)[C@@H]3[C@H](O[C@@H]3O[C@H](CO)[C@@H](O)[C@H](O)[C@@H]3O[C@@H]3OC[C@@H](O)[C@H](O)[C@@H]3O)C[C@@]12C. The van der Waals surface area contributed by atoms with E-state index in [1.807, 2.05) is 34.6 Å². The lowest BCUT2D eigenvalue weighted by atomic mass is 9.34. The quantitative estimate of drug-likeness (QED) is 0.0874. The van der Waals surface area contributed by atoms with Crippen molar-refractivity contribution in [2.45, 2.75) is 217 Å². The highest BCUT2D eigenvalue weighted by Crippen LogP contribution is 2.76. The van der Waals surface area contributed by atoms with Crippen LogP contribution in [0.4, 0.5) is 0 Å². The average molecular weight is 933 g/mol. The molecule has 7 rings (SSSR count). The van der Waals surface area contributed by atoms with Crippen molar-refractivity contribution in [1.82, 2.24) is 0 Å². The van der Waals surface area contributed by atoms with Crippen molar-refractivity contribution < 1.29 is 89.7 Å². The highest BCUT2D eigenvalue weighted by atomic mass is 16.8. The number of aliphatic hydroxyl groups is 12. The molecule has 0 amide bonds. The lowest BCUT2D eigenvalue weighted by Gasteiger charge is -2.72. The first-order valence-corrected chi connectivity index (χ1v) is 23.9. The summed E-state index contributed by atoms with van der Waals surface area (Å²) in [5, 5.41) is 131. The van der Waals surface area contributed by atoms with Crippen LogP contribution in [0.1, 0.15) is 107 Å². The molecule has 18 heteroatoms. The molecule has 0 aromatic carbocycles. The number of hydrogen-bond donors (Lipinski definition) is 12. The van der Waals surface area contributed by atoms with Gasteiger partial charge in [0.25, 0.3) is 0 Å². The molecule has 0 unspecified atom stereocenters. The zero-order valence-corrected chi connectivity index (χ0v) is 39.3. The van der Waals surface area contributed by atoms with Crippen molar-refractivity contribution >= 4 is 0 Å². The van der Waals surface area contributed by atoms with E-state index in [1.54, 1.807) is 0 Å². The van der Waals surface area contributed by atoms with E-state index in [9.17, 15) is 61.3 Å². The van der Waals surface area contributed by atoms with E-state index in [0.29, 0.717) is 51.4 Å². The van der Waals surface area contributed by atoms with Crippen molar-refractivity contribution in [3.8, 4) is 0 Å². The summed E-state index contributed by atoms with van der Waals surface area (Å²) in [5.74, 6) is -1.11. The predicted octanol–water partition coefficient (Wildman–Crippen LogP) is -0.417. The molecule has 12 N–H and O–H groups in total. The Morgan fingerprint density at radius 3 is 1.94 bits per heavy atom. The fraction of sp³-hybridized carbons (Fsp3) is 0.957. The average Bonchev–Trinajstić information content (AvgIpc) is 3.63. The van der Waals surface area contributed by atoms with Gasteiger partial charge in [0.1, 0.15) is 67.1 Å². The van der Waals surface area contributed by atoms with Crippen LogP contribution in [0.5, 0.6) is 0 Å². The number of ether oxygens (including phenoxy) is 6. The monoisotopic (exact) mass is 933 g/mol. The maximum atomic E-state index is 12.7. The molecule has 376 valence electrons. The molecule has 3 saturated heterocycles. The van der Waals surface area contributed by atoms with Crippen LogP contribution >= 0.6 is 0 Å². The van der Waals surface area contributed by atoms with Crippen LogP contribution in [-0.4, -0.2) is 191 Å². The molecular formula is C47H80O18. The number of rotatable bonds is 12. The van der Waals surface area contributed by atoms with Gasteiger partial charge < -0.3 is 89.7 Å². The minimum Gasteiger partial charge on any atom is -0.394 e. The Labute approximate surface area is 382 Å². The summed E-state index contributed by atoms with van der Waals surface area (Å²) in [5.41, 5.74) is -2.41. The standard InChI is InChI=1S/C47H80O18/c1-21(2)10-9-13-47(8,65-41-37(59)34(56)32(54)26(18-48)62-41)22-11-15-45(6)30(22)23(50)16-28-44(5)14-12-29(52)43(3,4)39(44)25(17-46(28,45)7)61-42-38(35(57)33(55)27(19-49)63-42)64-40-36(58)31(53)24(51)20-60-40/h10,22-42,48-59H,9,11-20H2,1-8H3/t22-,23-,24-,25-,26+,27-,28-,29+,30+,31+,32+,33-,34-,35+,36+,37+,38+,39+,40+,41-,42-,44+,45-,46+,47+/m1/s1. The van der Waals surface area contributed by atoms with Crippen LogP contribution in [-0.2, 0) is 28.4 Å². The van der Waals surface area contributed by atoms with E-state index in [2.05, 4.69) is 26.8 Å². The first kappa shape index (κ1) is 51.9. The van der Waals surface area contributed by atoms with E-state index in [4.69, 9.17) is 28.4 Å². The van der Waals surface area contributed by atoms with E-state index >= 15 is 0 Å². The van der Waals surface area contributed by atoms with Crippen LogP contribution in [0, 0.1) is 45.3 Å². The summed E-state index contributed by atoms with van der Waals surface area (Å²) in [6, 6.07) is 0. The van der Waals surface area contributed by atoms with Crippen LogP contribution in [0.15, 0.2) is 11.6 Å². The third-order valence-corrected chi connectivity index (χ3v) is 18.3. The molecule has 25 atom stereocenters. The van der Waals surface area contributed by atoms with Gasteiger partial charge in [0.2, 0.25) is 0 Å². The van der Waals surface area contributed by atoms with Gasteiger partial charge in [0.15, 0.2) is 18.9 Å². The second kappa shape index (κ2) is 19.0. The Morgan fingerprint density at radius 1 is 0.692 bits per heavy atom. The smallest absolute Gasteiger partial charge is 0.187 e. The summed E-state index contributed by atoms with van der Waals surface area (Å²) >= 11 is 0. The molecule has 0 aromatic rings. The molecule has 3 aliphatic heterocycles. The van der Waals surface area contributed by atoms with E-state index < -0.39 is 145 Å². The molecule has 7 fully saturated rings. The van der Waals surface area contributed by atoms with Crippen LogP contribution < -0.4 is 0 Å². The van der Waals surface area contributed by atoms with Crippen molar-refractivity contribution in [1.29, 1.82) is 0 Å². The van der Waals surface area contributed by atoms with Gasteiger partial charge in [0.05, 0.1) is 43.7 Å². The molecule has 65 heavy (non-hydrogen) atoms. The lowest BCUT2D eigenvalue weighted by molar-refractivity contribution is -0.377. The number of aliphatic hydroxyl groups excluding tert-OH is 12. The van der Waals surface area contributed by atoms with Crippen LogP contribution in [0.25, 0.3) is 0 Å². The number of fused-ring (bicyclic) bond motifs is 5. The van der Waals surface area contributed by atoms with E-state index in [0.717, 1.165) is 5.57 Å². The molecular weight excluding hydrogens is 852 g/mol. The van der Waals surface area contributed by atoms with Crippen molar-refractivity contribution in [3.63, 3.8) is 0 Å². The number of allylic oxidation sites excluding steroid dienone is 2. The maximum absolute atomic E-state index is 12.7. The highest BCUT2D eigenvalue weighted by molar-refractivity contribution is 5.22. The Bertz CT molecular complexity index is 1660. The minimum atomic E-state index is -1.73. The largest absolute Gasteiger partial charge is 0.394 e. The van der Waals surface area contributed by atoms with E-state index in [-0.39, 0.29) is 30.3 Å². The summed E-state index contributed by atoms with van der Waals surface area (Å²) < 4.78 is 37.7. The van der Waals surface area contributed by atoms with Gasteiger partial charge in [-0.2, -0.15) is 0 Å². The van der Waals surface area contributed by atoms with Crippen LogP contribution in [0.3, 0.4) is 0 Å². The Morgan fingerprint density at radius 2 is 1.31 bits per heavy atom. The van der Waals surface area contributed by atoms with Gasteiger partial charge in [-0.05, 0) is 117 Å².